The number of hydrogen-bond donors (Lipinski definition) is 2. The van der Waals surface area contributed by atoms with Gasteiger partial charge in [0.15, 0.2) is 5.82 Å². The molecule has 1 amide bonds. The lowest BCUT2D eigenvalue weighted by molar-refractivity contribution is -0.116. The molecule has 1 aliphatic heterocycles. The fourth-order valence-electron chi connectivity index (χ4n) is 2.26. The van der Waals surface area contributed by atoms with Gasteiger partial charge < -0.3 is 15.5 Å². The Morgan fingerprint density at radius 3 is 3.18 bits per heavy atom. The van der Waals surface area contributed by atoms with Crippen LogP contribution in [0.2, 0.25) is 0 Å². The number of carbonyl (C=O) groups is 1. The van der Waals surface area contributed by atoms with Gasteiger partial charge >= 0.3 is 0 Å². The molecule has 2 aromatic heterocycles. The Morgan fingerprint density at radius 1 is 1.65 bits per heavy atom. The van der Waals surface area contributed by atoms with Crippen LogP contribution in [0.4, 0.5) is 11.6 Å². The van der Waals surface area contributed by atoms with Crippen LogP contribution in [-0.4, -0.2) is 15.7 Å². The van der Waals surface area contributed by atoms with Gasteiger partial charge in [0, 0.05) is 19.0 Å². The largest absolute Gasteiger partial charge is 0.469 e. The number of furan rings is 1. The van der Waals surface area contributed by atoms with Gasteiger partial charge in [0.05, 0.1) is 12.2 Å². The molecule has 0 saturated heterocycles. The molecule has 0 spiro atoms. The van der Waals surface area contributed by atoms with E-state index in [1.54, 1.807) is 24.1 Å². The van der Waals surface area contributed by atoms with Crippen LogP contribution < -0.4 is 11.1 Å². The summed E-state index contributed by atoms with van der Waals surface area (Å²) >= 11 is 0. The van der Waals surface area contributed by atoms with E-state index in [-0.39, 0.29) is 11.8 Å². The Morgan fingerprint density at radius 2 is 2.47 bits per heavy atom. The molecule has 2 aromatic rings. The average Bonchev–Trinajstić information content (AvgIpc) is 2.88. The minimum absolute atomic E-state index is 0.0538. The summed E-state index contributed by atoms with van der Waals surface area (Å²) in [6, 6.07) is 3.65. The van der Waals surface area contributed by atoms with Crippen LogP contribution in [-0.2, 0) is 11.8 Å². The number of aromatic nitrogens is 2. The molecule has 6 heteroatoms. The lowest BCUT2D eigenvalue weighted by Crippen LogP contribution is -2.24. The maximum absolute atomic E-state index is 11.7. The summed E-state index contributed by atoms with van der Waals surface area (Å²) in [7, 11) is 1.75. The fraction of sp³-hybridized carbons (Fsp3) is 0.273. The van der Waals surface area contributed by atoms with Crippen molar-refractivity contribution in [3.05, 3.63) is 29.7 Å². The highest BCUT2D eigenvalue weighted by molar-refractivity contribution is 5.95. The van der Waals surface area contributed by atoms with E-state index in [4.69, 9.17) is 10.2 Å². The van der Waals surface area contributed by atoms with Gasteiger partial charge in [0.2, 0.25) is 5.91 Å². The number of anilines is 2. The third kappa shape index (κ3) is 1.41. The summed E-state index contributed by atoms with van der Waals surface area (Å²) in [5, 5.41) is 6.91. The number of nitrogens with zero attached hydrogens (tertiary/aromatic N) is 2. The van der Waals surface area contributed by atoms with Crippen molar-refractivity contribution in [2.24, 2.45) is 7.05 Å². The van der Waals surface area contributed by atoms with Crippen molar-refractivity contribution < 1.29 is 9.21 Å². The highest BCUT2D eigenvalue weighted by Crippen LogP contribution is 2.40. The third-order valence-electron chi connectivity index (χ3n) is 2.99. The molecule has 0 radical (unpaired) electrons. The number of fused-ring (bicyclic) bond motifs is 1. The molecule has 0 aliphatic carbocycles. The van der Waals surface area contributed by atoms with Crippen LogP contribution in [0.3, 0.4) is 0 Å². The van der Waals surface area contributed by atoms with Gasteiger partial charge in [-0.25, -0.2) is 0 Å². The fourth-order valence-corrected chi connectivity index (χ4v) is 2.26. The van der Waals surface area contributed by atoms with Crippen molar-refractivity contribution in [2.45, 2.75) is 12.3 Å². The van der Waals surface area contributed by atoms with Crippen molar-refractivity contribution in [1.29, 1.82) is 0 Å². The molecule has 3 N–H and O–H groups in total. The number of aryl methyl sites for hydroxylation is 1. The summed E-state index contributed by atoms with van der Waals surface area (Å²) in [6.45, 7) is 0. The van der Waals surface area contributed by atoms with E-state index in [1.807, 2.05) is 6.07 Å². The van der Waals surface area contributed by atoms with E-state index in [1.165, 1.54) is 0 Å². The lowest BCUT2D eigenvalue weighted by Gasteiger charge is -2.21. The minimum Gasteiger partial charge on any atom is -0.469 e. The zero-order valence-electron chi connectivity index (χ0n) is 9.30. The van der Waals surface area contributed by atoms with Gasteiger partial charge in [-0.15, -0.1) is 0 Å². The molecule has 0 saturated carbocycles. The molecule has 3 rings (SSSR count). The second-order valence-corrected chi connectivity index (χ2v) is 4.09. The Hall–Kier alpha value is -2.24. The van der Waals surface area contributed by atoms with Gasteiger partial charge in [-0.1, -0.05) is 0 Å². The summed E-state index contributed by atoms with van der Waals surface area (Å²) in [4.78, 5) is 11.7. The predicted octanol–water partition coefficient (Wildman–Crippen LogP) is 1.07. The molecule has 0 bridgehead atoms. The molecule has 0 fully saturated rings. The van der Waals surface area contributed by atoms with E-state index in [0.29, 0.717) is 18.1 Å². The van der Waals surface area contributed by atoms with Crippen LogP contribution in [0.15, 0.2) is 22.8 Å². The highest BCUT2D eigenvalue weighted by Gasteiger charge is 2.33. The van der Waals surface area contributed by atoms with Gasteiger partial charge in [0.25, 0.3) is 0 Å². The molecule has 0 unspecified atom stereocenters. The quantitative estimate of drug-likeness (QED) is 0.770. The summed E-state index contributed by atoms with van der Waals surface area (Å²) in [5.74, 6) is 1.62. The molecule has 6 nitrogen and oxygen atoms in total. The maximum Gasteiger partial charge on any atom is 0.226 e. The van der Waals surface area contributed by atoms with Crippen LogP contribution in [0.25, 0.3) is 0 Å². The summed E-state index contributed by atoms with van der Waals surface area (Å²) < 4.78 is 6.95. The number of nitrogens with one attached hydrogen (secondary N) is 1. The molecule has 1 aliphatic rings. The van der Waals surface area contributed by atoms with Crippen LogP contribution in [0.5, 0.6) is 0 Å². The van der Waals surface area contributed by atoms with Crippen molar-refractivity contribution >= 4 is 17.5 Å². The first-order valence-corrected chi connectivity index (χ1v) is 5.32. The molecule has 88 valence electrons. The second-order valence-electron chi connectivity index (χ2n) is 4.09. The van der Waals surface area contributed by atoms with Crippen LogP contribution >= 0.6 is 0 Å². The zero-order valence-corrected chi connectivity index (χ0v) is 9.30. The van der Waals surface area contributed by atoms with Crippen molar-refractivity contribution in [2.75, 3.05) is 11.1 Å². The minimum atomic E-state index is -0.151. The van der Waals surface area contributed by atoms with Crippen LogP contribution in [0, 0.1) is 0 Å². The first-order chi connectivity index (χ1) is 8.16. The first kappa shape index (κ1) is 9.95. The van der Waals surface area contributed by atoms with Crippen molar-refractivity contribution in [1.82, 2.24) is 9.78 Å². The summed E-state index contributed by atoms with van der Waals surface area (Å²) in [5.41, 5.74) is 6.71. The van der Waals surface area contributed by atoms with E-state index in [2.05, 4.69) is 10.4 Å². The molecule has 3 heterocycles. The monoisotopic (exact) mass is 232 g/mol. The SMILES string of the molecule is Cn1nc(N)c2c1NC(=O)C[C@@H]2c1ccco1. The molecular formula is C11H12N4O2. The molecule has 0 aromatic carbocycles. The number of nitrogen functional groups attached to an aromatic ring is 1. The average molecular weight is 232 g/mol. The van der Waals surface area contributed by atoms with Gasteiger partial charge in [0.1, 0.15) is 11.6 Å². The normalized spacial score (nSPS) is 18.9. The number of amides is 1. The molecule has 1 atom stereocenters. The predicted molar refractivity (Wildman–Crippen MR) is 61.4 cm³/mol. The smallest absolute Gasteiger partial charge is 0.226 e. The van der Waals surface area contributed by atoms with E-state index in [0.717, 1.165) is 11.3 Å². The van der Waals surface area contributed by atoms with Gasteiger partial charge in [-0.3, -0.25) is 9.48 Å². The van der Waals surface area contributed by atoms with Gasteiger partial charge in [-0.05, 0) is 12.1 Å². The highest BCUT2D eigenvalue weighted by atomic mass is 16.3. The topological polar surface area (TPSA) is 86.1 Å². The standard InChI is InChI=1S/C11H12N4O2/c1-15-11-9(10(12)14-15)6(5-8(16)13-11)7-3-2-4-17-7/h2-4,6H,5H2,1H3,(H2,12,14)(H,13,16)/t6-/m1/s1. The third-order valence-corrected chi connectivity index (χ3v) is 2.99. The van der Waals surface area contributed by atoms with Crippen molar-refractivity contribution in [3.63, 3.8) is 0 Å². The number of carbonyl (C=O) groups excluding carboxylic acids is 1. The lowest BCUT2D eigenvalue weighted by atomic mass is 9.91. The molecule has 17 heavy (non-hydrogen) atoms. The van der Waals surface area contributed by atoms with E-state index in [9.17, 15) is 4.79 Å². The van der Waals surface area contributed by atoms with Gasteiger partial charge in [-0.2, -0.15) is 5.10 Å². The summed E-state index contributed by atoms with van der Waals surface area (Å²) in [6.07, 6.45) is 1.92. The first-order valence-electron chi connectivity index (χ1n) is 5.32. The zero-order chi connectivity index (χ0) is 12.0. The number of nitrogens with two attached hydrogens (primary N) is 1. The second kappa shape index (κ2) is 3.38. The Kier molecular flexibility index (Phi) is 1.98. The van der Waals surface area contributed by atoms with Crippen molar-refractivity contribution in [3.8, 4) is 0 Å². The Balaban J connectivity index is 2.17. The number of hydrogen-bond acceptors (Lipinski definition) is 4. The maximum atomic E-state index is 11.7. The van der Waals surface area contributed by atoms with E-state index < -0.39 is 0 Å². The number of rotatable bonds is 1. The Labute approximate surface area is 97.4 Å². The van der Waals surface area contributed by atoms with E-state index >= 15 is 0 Å². The molecular weight excluding hydrogens is 220 g/mol. The Bertz CT molecular complexity index is 571. The van der Waals surface area contributed by atoms with Crippen LogP contribution in [0.1, 0.15) is 23.7 Å².